The van der Waals surface area contributed by atoms with Crippen LogP contribution in [0.4, 0.5) is 4.79 Å². The highest BCUT2D eigenvalue weighted by molar-refractivity contribution is 6.44. The van der Waals surface area contributed by atoms with Gasteiger partial charge in [-0.25, -0.2) is 15.5 Å². The highest BCUT2D eigenvalue weighted by Gasteiger charge is 2.42. The van der Waals surface area contributed by atoms with Crippen molar-refractivity contribution in [1.82, 2.24) is 15.2 Å². The fraction of sp³-hybridized carbons (Fsp3) is 0.273. The third-order valence-electron chi connectivity index (χ3n) is 2.91. The highest BCUT2D eigenvalue weighted by atomic mass is 16.3. The van der Waals surface area contributed by atoms with Gasteiger partial charge in [0.25, 0.3) is 5.91 Å². The van der Waals surface area contributed by atoms with Crippen molar-refractivity contribution in [3.63, 3.8) is 0 Å². The van der Waals surface area contributed by atoms with Gasteiger partial charge in [0, 0.05) is 7.05 Å². The average molecular weight is 280 g/mol. The number of nitrogens with two attached hydrogens (primary N) is 1. The number of rotatable bonds is 3. The molecule has 9 heteroatoms. The zero-order valence-electron chi connectivity index (χ0n) is 10.8. The molecule has 106 valence electrons. The number of hydrazine groups is 1. The minimum Gasteiger partial charge on any atom is -0.464 e. The Balaban J connectivity index is 2.23. The lowest BCUT2D eigenvalue weighted by Gasteiger charge is -2.10. The van der Waals surface area contributed by atoms with Crippen LogP contribution in [0.3, 0.4) is 0 Å². The van der Waals surface area contributed by atoms with Gasteiger partial charge in [0.2, 0.25) is 0 Å². The molecule has 0 aliphatic carbocycles. The first-order valence-corrected chi connectivity index (χ1v) is 5.60. The van der Waals surface area contributed by atoms with Gasteiger partial charge in [-0.2, -0.15) is 0 Å². The molecule has 1 saturated heterocycles. The molecule has 5 amide bonds. The van der Waals surface area contributed by atoms with Crippen LogP contribution < -0.4 is 11.3 Å². The largest absolute Gasteiger partial charge is 0.464 e. The number of aryl methyl sites for hydroxylation is 1. The van der Waals surface area contributed by atoms with Crippen LogP contribution in [-0.2, 0) is 16.1 Å². The standard InChI is InChI=1S/C11H12N4O5/c1-5-7(8(16)13-12)3-6(20-5)4-15-10(18)9(17)14(2)11(15)19/h3H,4,12H2,1-2H3,(H,13,16). The lowest BCUT2D eigenvalue weighted by Crippen LogP contribution is -2.31. The first-order valence-electron chi connectivity index (χ1n) is 5.60. The Labute approximate surface area is 113 Å². The van der Waals surface area contributed by atoms with Crippen LogP contribution in [0.1, 0.15) is 21.9 Å². The number of carbonyl (C=O) groups is 4. The lowest BCUT2D eigenvalue weighted by molar-refractivity contribution is -0.143. The van der Waals surface area contributed by atoms with Gasteiger partial charge in [-0.1, -0.05) is 0 Å². The van der Waals surface area contributed by atoms with E-state index in [1.54, 1.807) is 6.92 Å². The molecule has 0 radical (unpaired) electrons. The number of imide groups is 2. The van der Waals surface area contributed by atoms with Crippen LogP contribution in [0.15, 0.2) is 10.5 Å². The van der Waals surface area contributed by atoms with E-state index in [-0.39, 0.29) is 17.9 Å². The zero-order valence-corrected chi connectivity index (χ0v) is 10.8. The number of amides is 5. The summed E-state index contributed by atoms with van der Waals surface area (Å²) in [6.07, 6.45) is 0. The van der Waals surface area contributed by atoms with E-state index in [0.29, 0.717) is 10.7 Å². The molecule has 0 atom stereocenters. The summed E-state index contributed by atoms with van der Waals surface area (Å²) in [5, 5.41) is 0. The monoisotopic (exact) mass is 280 g/mol. The van der Waals surface area contributed by atoms with Crippen molar-refractivity contribution < 1.29 is 23.6 Å². The number of urea groups is 1. The van der Waals surface area contributed by atoms with Gasteiger partial charge in [-0.3, -0.25) is 24.7 Å². The molecule has 20 heavy (non-hydrogen) atoms. The molecule has 0 bridgehead atoms. The molecule has 2 rings (SSSR count). The van der Waals surface area contributed by atoms with E-state index in [1.807, 2.05) is 5.43 Å². The lowest BCUT2D eigenvalue weighted by atomic mass is 10.2. The third kappa shape index (κ3) is 2.03. The Hall–Kier alpha value is -2.68. The summed E-state index contributed by atoms with van der Waals surface area (Å²) in [6.45, 7) is 1.31. The average Bonchev–Trinajstić information content (AvgIpc) is 2.88. The molecular formula is C11H12N4O5. The van der Waals surface area contributed by atoms with Crippen molar-refractivity contribution in [1.29, 1.82) is 0 Å². The Morgan fingerprint density at radius 3 is 2.50 bits per heavy atom. The SMILES string of the molecule is Cc1oc(CN2C(=O)C(=O)N(C)C2=O)cc1C(=O)NN. The van der Waals surface area contributed by atoms with Gasteiger partial charge < -0.3 is 4.42 Å². The number of nitrogens with zero attached hydrogens (tertiary/aromatic N) is 2. The smallest absolute Gasteiger partial charge is 0.334 e. The molecule has 0 saturated carbocycles. The van der Waals surface area contributed by atoms with Crippen molar-refractivity contribution in [2.45, 2.75) is 13.5 Å². The molecular weight excluding hydrogens is 268 g/mol. The maximum absolute atomic E-state index is 11.7. The summed E-state index contributed by atoms with van der Waals surface area (Å²) < 4.78 is 5.27. The number of nitrogens with one attached hydrogen (secondary N) is 1. The fourth-order valence-corrected chi connectivity index (χ4v) is 1.83. The van der Waals surface area contributed by atoms with E-state index in [4.69, 9.17) is 10.3 Å². The van der Waals surface area contributed by atoms with Crippen LogP contribution in [-0.4, -0.2) is 40.6 Å². The molecule has 1 aromatic rings. The van der Waals surface area contributed by atoms with Crippen molar-refractivity contribution in [2.24, 2.45) is 5.84 Å². The summed E-state index contributed by atoms with van der Waals surface area (Å²) in [5.41, 5.74) is 2.15. The van der Waals surface area contributed by atoms with Gasteiger partial charge in [-0.05, 0) is 13.0 Å². The Kier molecular flexibility index (Phi) is 3.28. The van der Waals surface area contributed by atoms with Gasteiger partial charge in [0.05, 0.1) is 12.1 Å². The van der Waals surface area contributed by atoms with Crippen LogP contribution in [0.2, 0.25) is 0 Å². The number of furan rings is 1. The van der Waals surface area contributed by atoms with Gasteiger partial charge >= 0.3 is 17.8 Å². The predicted octanol–water partition coefficient (Wildman–Crippen LogP) is -0.888. The summed E-state index contributed by atoms with van der Waals surface area (Å²) in [5.74, 6) is 3.12. The second-order valence-electron chi connectivity index (χ2n) is 4.19. The minimum absolute atomic E-state index is 0.196. The van der Waals surface area contributed by atoms with Gasteiger partial charge in [0.1, 0.15) is 11.5 Å². The van der Waals surface area contributed by atoms with E-state index in [9.17, 15) is 19.2 Å². The summed E-state index contributed by atoms with van der Waals surface area (Å²) in [4.78, 5) is 47.5. The molecule has 1 aromatic heterocycles. The molecule has 1 aliphatic heterocycles. The van der Waals surface area contributed by atoms with Crippen molar-refractivity contribution in [2.75, 3.05) is 7.05 Å². The maximum Gasteiger partial charge on any atom is 0.334 e. The van der Waals surface area contributed by atoms with E-state index in [0.717, 1.165) is 4.90 Å². The number of nitrogen functional groups attached to an aromatic ring is 1. The summed E-state index contributed by atoms with van der Waals surface area (Å²) in [6, 6.07) is 0.625. The second kappa shape index (κ2) is 4.78. The predicted molar refractivity (Wildman–Crippen MR) is 63.8 cm³/mol. The van der Waals surface area contributed by atoms with Crippen LogP contribution >= 0.6 is 0 Å². The molecule has 3 N–H and O–H groups in total. The normalized spacial score (nSPS) is 15.2. The molecule has 2 heterocycles. The number of hydrogen-bond donors (Lipinski definition) is 2. The molecule has 0 unspecified atom stereocenters. The van der Waals surface area contributed by atoms with Crippen molar-refractivity contribution in [3.05, 3.63) is 23.2 Å². The quantitative estimate of drug-likeness (QED) is 0.243. The fourth-order valence-electron chi connectivity index (χ4n) is 1.83. The third-order valence-corrected chi connectivity index (χ3v) is 2.91. The van der Waals surface area contributed by atoms with Crippen LogP contribution in [0.5, 0.6) is 0 Å². The number of carbonyl (C=O) groups excluding carboxylic acids is 4. The molecule has 9 nitrogen and oxygen atoms in total. The molecule has 0 spiro atoms. The topological polar surface area (TPSA) is 126 Å². The van der Waals surface area contributed by atoms with Crippen molar-refractivity contribution >= 4 is 23.8 Å². The van der Waals surface area contributed by atoms with Crippen LogP contribution in [0, 0.1) is 6.92 Å². The summed E-state index contributed by atoms with van der Waals surface area (Å²) in [7, 11) is 1.21. The van der Waals surface area contributed by atoms with E-state index >= 15 is 0 Å². The number of likely N-dealkylation sites (N-methyl/N-ethyl adjacent to an activating group) is 1. The zero-order chi connectivity index (χ0) is 15.0. The van der Waals surface area contributed by atoms with Gasteiger partial charge in [-0.15, -0.1) is 0 Å². The molecule has 1 fully saturated rings. The first kappa shape index (κ1) is 13.7. The minimum atomic E-state index is -0.934. The first-order chi connectivity index (χ1) is 9.36. The highest BCUT2D eigenvalue weighted by Crippen LogP contribution is 2.19. The Bertz CT molecular complexity index is 620. The van der Waals surface area contributed by atoms with Crippen molar-refractivity contribution in [3.8, 4) is 0 Å². The summed E-state index contributed by atoms with van der Waals surface area (Å²) >= 11 is 0. The van der Waals surface area contributed by atoms with E-state index in [2.05, 4.69) is 0 Å². The molecule has 1 aliphatic rings. The Morgan fingerprint density at radius 2 is 2.00 bits per heavy atom. The van der Waals surface area contributed by atoms with E-state index in [1.165, 1.54) is 13.1 Å². The van der Waals surface area contributed by atoms with Crippen LogP contribution in [0.25, 0.3) is 0 Å². The second-order valence-corrected chi connectivity index (χ2v) is 4.19. The Morgan fingerprint density at radius 1 is 1.35 bits per heavy atom. The number of hydrogen-bond acceptors (Lipinski definition) is 6. The van der Waals surface area contributed by atoms with E-state index < -0.39 is 23.8 Å². The maximum atomic E-state index is 11.7. The molecule has 0 aromatic carbocycles. The van der Waals surface area contributed by atoms with Gasteiger partial charge in [0.15, 0.2) is 0 Å².